The summed E-state index contributed by atoms with van der Waals surface area (Å²) in [5.41, 5.74) is 0.0260. The van der Waals surface area contributed by atoms with Crippen molar-refractivity contribution in [2.75, 3.05) is 16.8 Å². The van der Waals surface area contributed by atoms with E-state index in [1.165, 1.54) is 0 Å². The van der Waals surface area contributed by atoms with Gasteiger partial charge in [0.05, 0.1) is 0 Å². The van der Waals surface area contributed by atoms with E-state index in [-0.39, 0.29) is 11.1 Å². The fraction of sp³-hybridized carbons (Fsp3) is 0.562. The van der Waals surface area contributed by atoms with Gasteiger partial charge >= 0.3 is 0 Å². The molecule has 0 amide bonds. The lowest BCUT2D eigenvalue weighted by Crippen LogP contribution is -2.42. The predicted octanol–water partition coefficient (Wildman–Crippen LogP) is 4.08. The van der Waals surface area contributed by atoms with Crippen LogP contribution in [0.2, 0.25) is 0 Å². The fourth-order valence-electron chi connectivity index (χ4n) is 1.87. The van der Waals surface area contributed by atoms with Gasteiger partial charge in [-0.05, 0) is 53.7 Å². The zero-order chi connectivity index (χ0) is 14.7. The number of nitrogens with one attached hydrogen (secondary N) is 1. The van der Waals surface area contributed by atoms with Crippen molar-refractivity contribution in [3.8, 4) is 0 Å². The van der Waals surface area contributed by atoms with Gasteiger partial charge in [0.1, 0.15) is 11.6 Å². The van der Waals surface area contributed by atoms with Crippen LogP contribution in [0.3, 0.4) is 0 Å². The van der Waals surface area contributed by atoms with Crippen molar-refractivity contribution in [2.45, 2.75) is 52.6 Å². The largest absolute Gasteiger partial charge is 0.365 e. The maximum absolute atomic E-state index is 4.71. The summed E-state index contributed by atoms with van der Waals surface area (Å²) in [5, 5.41) is 3.41. The van der Waals surface area contributed by atoms with E-state index in [4.69, 9.17) is 4.98 Å². The summed E-state index contributed by atoms with van der Waals surface area (Å²) < 4.78 is 0. The quantitative estimate of drug-likeness (QED) is 0.828. The standard InChI is InChI=1S/C16H27N3/c1-8-12-19(16(5,6)7)14-11-9-10-13(17-14)18-15(2,3)4/h8-11H,1,12H2,2-7H3,(H,17,18). The molecular formula is C16H27N3. The van der Waals surface area contributed by atoms with Gasteiger partial charge in [-0.1, -0.05) is 12.1 Å². The molecule has 0 saturated heterocycles. The van der Waals surface area contributed by atoms with Crippen LogP contribution in [0.25, 0.3) is 0 Å². The summed E-state index contributed by atoms with van der Waals surface area (Å²) >= 11 is 0. The Bertz CT molecular complexity index is 424. The first-order chi connectivity index (χ1) is 8.63. The van der Waals surface area contributed by atoms with Crippen molar-refractivity contribution in [2.24, 2.45) is 0 Å². The second-order valence-electron chi connectivity index (χ2n) is 6.83. The van der Waals surface area contributed by atoms with Crippen molar-refractivity contribution in [1.29, 1.82) is 0 Å². The first-order valence-electron chi connectivity index (χ1n) is 6.77. The zero-order valence-electron chi connectivity index (χ0n) is 13.1. The number of anilines is 2. The van der Waals surface area contributed by atoms with E-state index in [0.717, 1.165) is 18.2 Å². The van der Waals surface area contributed by atoms with Gasteiger partial charge in [-0.25, -0.2) is 4.98 Å². The van der Waals surface area contributed by atoms with Gasteiger partial charge < -0.3 is 10.2 Å². The Morgan fingerprint density at radius 2 is 1.84 bits per heavy atom. The molecule has 0 fully saturated rings. The average Bonchev–Trinajstić information content (AvgIpc) is 2.22. The molecule has 0 aliphatic carbocycles. The van der Waals surface area contributed by atoms with E-state index in [1.54, 1.807) is 0 Å². The van der Waals surface area contributed by atoms with Crippen LogP contribution < -0.4 is 10.2 Å². The third-order valence-electron chi connectivity index (χ3n) is 2.64. The molecule has 19 heavy (non-hydrogen) atoms. The average molecular weight is 261 g/mol. The number of nitrogens with zero attached hydrogens (tertiary/aromatic N) is 2. The van der Waals surface area contributed by atoms with Gasteiger partial charge in [0, 0.05) is 17.6 Å². The highest BCUT2D eigenvalue weighted by Crippen LogP contribution is 2.24. The van der Waals surface area contributed by atoms with E-state index in [0.29, 0.717) is 0 Å². The van der Waals surface area contributed by atoms with Crippen LogP contribution >= 0.6 is 0 Å². The minimum atomic E-state index is 0.0105. The summed E-state index contributed by atoms with van der Waals surface area (Å²) in [5.74, 6) is 1.88. The number of aromatic nitrogens is 1. The minimum Gasteiger partial charge on any atom is -0.365 e. The van der Waals surface area contributed by atoms with Crippen LogP contribution in [0.1, 0.15) is 41.5 Å². The molecule has 1 N–H and O–H groups in total. The molecule has 0 aromatic carbocycles. The molecule has 0 aliphatic heterocycles. The smallest absolute Gasteiger partial charge is 0.131 e. The summed E-state index contributed by atoms with van der Waals surface area (Å²) in [4.78, 5) is 6.95. The van der Waals surface area contributed by atoms with Crippen molar-refractivity contribution in [1.82, 2.24) is 4.98 Å². The van der Waals surface area contributed by atoms with Gasteiger partial charge in [0.2, 0.25) is 0 Å². The molecule has 1 aromatic rings. The van der Waals surface area contributed by atoms with E-state index >= 15 is 0 Å². The molecule has 3 heteroatoms. The minimum absolute atomic E-state index is 0.0105. The van der Waals surface area contributed by atoms with Gasteiger partial charge in [-0.2, -0.15) is 0 Å². The number of hydrogen-bond donors (Lipinski definition) is 1. The molecule has 0 unspecified atom stereocenters. The maximum Gasteiger partial charge on any atom is 0.131 e. The molecule has 0 atom stereocenters. The lowest BCUT2D eigenvalue weighted by molar-refractivity contribution is 0.517. The highest BCUT2D eigenvalue weighted by molar-refractivity contribution is 5.49. The predicted molar refractivity (Wildman–Crippen MR) is 84.9 cm³/mol. The van der Waals surface area contributed by atoms with Gasteiger partial charge in [-0.15, -0.1) is 6.58 Å². The van der Waals surface area contributed by atoms with Crippen LogP contribution in [-0.2, 0) is 0 Å². The molecule has 0 aliphatic rings. The molecule has 0 saturated carbocycles. The third kappa shape index (κ3) is 4.93. The van der Waals surface area contributed by atoms with Crippen molar-refractivity contribution in [3.05, 3.63) is 30.9 Å². The SMILES string of the molecule is C=CCN(c1cccc(NC(C)(C)C)n1)C(C)(C)C. The van der Waals surface area contributed by atoms with Gasteiger partial charge in [0.25, 0.3) is 0 Å². The fourth-order valence-corrected chi connectivity index (χ4v) is 1.87. The molecule has 1 rings (SSSR count). The zero-order valence-corrected chi connectivity index (χ0v) is 13.1. The first kappa shape index (κ1) is 15.5. The second-order valence-corrected chi connectivity index (χ2v) is 6.83. The highest BCUT2D eigenvalue weighted by atomic mass is 15.2. The topological polar surface area (TPSA) is 28.2 Å². The molecule has 0 bridgehead atoms. The van der Waals surface area contributed by atoms with E-state index < -0.39 is 0 Å². The molecule has 0 spiro atoms. The number of rotatable bonds is 4. The highest BCUT2D eigenvalue weighted by Gasteiger charge is 2.22. The summed E-state index contributed by atoms with van der Waals surface area (Å²) in [6.45, 7) is 17.6. The molecule has 1 heterocycles. The molecule has 1 aromatic heterocycles. The van der Waals surface area contributed by atoms with Crippen LogP contribution in [-0.4, -0.2) is 22.6 Å². The Balaban J connectivity index is 3.05. The third-order valence-corrected chi connectivity index (χ3v) is 2.64. The summed E-state index contributed by atoms with van der Waals surface area (Å²) in [7, 11) is 0. The molecule has 3 nitrogen and oxygen atoms in total. The summed E-state index contributed by atoms with van der Waals surface area (Å²) in [6, 6.07) is 6.09. The van der Waals surface area contributed by atoms with E-state index in [9.17, 15) is 0 Å². The van der Waals surface area contributed by atoms with E-state index in [1.807, 2.05) is 24.3 Å². The monoisotopic (exact) mass is 261 g/mol. The summed E-state index contributed by atoms with van der Waals surface area (Å²) in [6.07, 6.45) is 1.91. The van der Waals surface area contributed by atoms with Crippen LogP contribution in [0.4, 0.5) is 11.6 Å². The normalized spacial score (nSPS) is 12.1. The van der Waals surface area contributed by atoms with Crippen LogP contribution in [0.15, 0.2) is 30.9 Å². The maximum atomic E-state index is 4.71. The van der Waals surface area contributed by atoms with Crippen LogP contribution in [0, 0.1) is 0 Å². The van der Waals surface area contributed by atoms with Gasteiger partial charge in [-0.3, -0.25) is 0 Å². The number of pyridine rings is 1. The first-order valence-corrected chi connectivity index (χ1v) is 6.77. The lowest BCUT2D eigenvalue weighted by atomic mass is 10.1. The van der Waals surface area contributed by atoms with Crippen molar-refractivity contribution < 1.29 is 0 Å². The number of hydrogen-bond acceptors (Lipinski definition) is 3. The molecule has 0 radical (unpaired) electrons. The molecular weight excluding hydrogens is 234 g/mol. The second kappa shape index (κ2) is 5.64. The Labute approximate surface area is 117 Å². The van der Waals surface area contributed by atoms with Crippen molar-refractivity contribution in [3.63, 3.8) is 0 Å². The van der Waals surface area contributed by atoms with Gasteiger partial charge in [0.15, 0.2) is 0 Å². The molecule has 106 valence electrons. The lowest BCUT2D eigenvalue weighted by Gasteiger charge is -2.36. The Morgan fingerprint density at radius 1 is 1.21 bits per heavy atom. The Kier molecular flexibility index (Phi) is 4.61. The Morgan fingerprint density at radius 3 is 2.32 bits per heavy atom. The van der Waals surface area contributed by atoms with Crippen molar-refractivity contribution >= 4 is 11.6 Å². The van der Waals surface area contributed by atoms with Crippen LogP contribution in [0.5, 0.6) is 0 Å². The van der Waals surface area contributed by atoms with E-state index in [2.05, 4.69) is 58.3 Å². The Hall–Kier alpha value is -1.51.